The van der Waals surface area contributed by atoms with E-state index < -0.39 is 73.0 Å². The standard InChI is InChI=1S/C17H31N7O9/c1-7(26)12(24-13(29)8(18)5-11(27)28)15(31)23-10(6-25)14(30)22-9(16(32)33)3-2-4-21-17(19)20/h7-10,12,25-26H,2-6,18H2,1H3,(H,22,30)(H,23,31)(H,24,29)(H,27,28)(H,32,33)(H4,19,20,21). The highest BCUT2D eigenvalue weighted by molar-refractivity contribution is 5.95. The first kappa shape index (κ1) is 29.5. The number of aliphatic imine (C=N–C) groups is 1. The molecule has 0 aromatic rings. The van der Waals surface area contributed by atoms with E-state index in [1.165, 1.54) is 0 Å². The van der Waals surface area contributed by atoms with E-state index in [1.807, 2.05) is 0 Å². The molecule has 0 heterocycles. The van der Waals surface area contributed by atoms with Crippen molar-refractivity contribution in [1.29, 1.82) is 0 Å². The van der Waals surface area contributed by atoms with Gasteiger partial charge in [-0.05, 0) is 19.8 Å². The smallest absolute Gasteiger partial charge is 0.326 e. The average molecular weight is 477 g/mol. The van der Waals surface area contributed by atoms with Gasteiger partial charge in [0.25, 0.3) is 0 Å². The number of carboxylic acids is 2. The largest absolute Gasteiger partial charge is 0.481 e. The normalized spacial score (nSPS) is 15.2. The van der Waals surface area contributed by atoms with Gasteiger partial charge < -0.3 is 53.6 Å². The Hall–Kier alpha value is -3.50. The van der Waals surface area contributed by atoms with Crippen LogP contribution in [0.1, 0.15) is 26.2 Å². The van der Waals surface area contributed by atoms with Gasteiger partial charge in [0, 0.05) is 6.54 Å². The fourth-order valence-electron chi connectivity index (χ4n) is 2.44. The van der Waals surface area contributed by atoms with E-state index in [-0.39, 0.29) is 25.3 Å². The summed E-state index contributed by atoms with van der Waals surface area (Å²) in [6.45, 7) is 0.317. The third kappa shape index (κ3) is 11.6. The highest BCUT2D eigenvalue weighted by Gasteiger charge is 2.32. The van der Waals surface area contributed by atoms with Crippen LogP contribution in [0, 0.1) is 0 Å². The van der Waals surface area contributed by atoms with Crippen molar-refractivity contribution < 1.29 is 44.4 Å². The summed E-state index contributed by atoms with van der Waals surface area (Å²) in [7, 11) is 0. The first-order valence-corrected chi connectivity index (χ1v) is 9.75. The molecular formula is C17H31N7O9. The van der Waals surface area contributed by atoms with E-state index in [1.54, 1.807) is 0 Å². The lowest BCUT2D eigenvalue weighted by molar-refractivity contribution is -0.143. The van der Waals surface area contributed by atoms with Gasteiger partial charge in [-0.15, -0.1) is 0 Å². The highest BCUT2D eigenvalue weighted by Crippen LogP contribution is 2.01. The van der Waals surface area contributed by atoms with Crippen molar-refractivity contribution in [2.45, 2.75) is 56.5 Å². The average Bonchev–Trinajstić information content (AvgIpc) is 2.70. The lowest BCUT2D eigenvalue weighted by atomic mass is 10.1. The van der Waals surface area contributed by atoms with Gasteiger partial charge in [0.2, 0.25) is 17.7 Å². The van der Waals surface area contributed by atoms with E-state index >= 15 is 0 Å². The van der Waals surface area contributed by atoms with Crippen LogP contribution >= 0.6 is 0 Å². The Kier molecular flexibility index (Phi) is 13.0. The van der Waals surface area contributed by atoms with Crippen LogP contribution in [0.25, 0.3) is 0 Å². The monoisotopic (exact) mass is 477 g/mol. The molecule has 0 spiro atoms. The summed E-state index contributed by atoms with van der Waals surface area (Å²) in [5.74, 6) is -6.11. The van der Waals surface area contributed by atoms with Crippen LogP contribution in [0.15, 0.2) is 4.99 Å². The molecule has 0 aliphatic rings. The van der Waals surface area contributed by atoms with Crippen LogP contribution in [-0.4, -0.2) is 99.5 Å². The van der Waals surface area contributed by atoms with Crippen LogP contribution < -0.4 is 33.2 Å². The SMILES string of the molecule is CC(O)C(NC(=O)C(N)CC(=O)O)C(=O)NC(CO)C(=O)NC(CCCN=C(N)N)C(=O)O. The third-order valence-electron chi connectivity index (χ3n) is 4.17. The Labute approximate surface area is 188 Å². The van der Waals surface area contributed by atoms with Crippen molar-refractivity contribution in [2.24, 2.45) is 22.2 Å². The number of aliphatic hydroxyl groups excluding tert-OH is 2. The van der Waals surface area contributed by atoms with Gasteiger partial charge in [0.05, 0.1) is 25.2 Å². The predicted octanol–water partition coefficient (Wildman–Crippen LogP) is -5.25. The fourth-order valence-corrected chi connectivity index (χ4v) is 2.44. The molecule has 0 radical (unpaired) electrons. The minimum atomic E-state index is -1.64. The number of nitrogens with one attached hydrogen (secondary N) is 3. The maximum Gasteiger partial charge on any atom is 0.326 e. The number of nitrogens with zero attached hydrogens (tertiary/aromatic N) is 1. The molecular weight excluding hydrogens is 446 g/mol. The van der Waals surface area contributed by atoms with Crippen LogP contribution in [-0.2, 0) is 24.0 Å². The second-order valence-corrected chi connectivity index (χ2v) is 7.02. The minimum Gasteiger partial charge on any atom is -0.481 e. The number of hydrogen-bond donors (Lipinski definition) is 10. The van der Waals surface area contributed by atoms with Crippen molar-refractivity contribution >= 4 is 35.6 Å². The Morgan fingerprint density at radius 1 is 0.939 bits per heavy atom. The molecule has 16 nitrogen and oxygen atoms in total. The van der Waals surface area contributed by atoms with E-state index in [2.05, 4.69) is 20.9 Å². The van der Waals surface area contributed by atoms with Gasteiger partial charge in [-0.1, -0.05) is 0 Å². The Balaban J connectivity index is 5.13. The molecule has 0 bridgehead atoms. The van der Waals surface area contributed by atoms with Gasteiger partial charge >= 0.3 is 11.9 Å². The molecule has 0 fully saturated rings. The molecule has 0 aliphatic heterocycles. The van der Waals surface area contributed by atoms with E-state index in [0.717, 1.165) is 6.92 Å². The van der Waals surface area contributed by atoms with Crippen LogP contribution in [0.2, 0.25) is 0 Å². The Morgan fingerprint density at radius 3 is 1.97 bits per heavy atom. The molecule has 0 aliphatic carbocycles. The summed E-state index contributed by atoms with van der Waals surface area (Å²) < 4.78 is 0. The van der Waals surface area contributed by atoms with Crippen LogP contribution in [0.3, 0.4) is 0 Å². The molecule has 5 atom stereocenters. The number of carbonyl (C=O) groups excluding carboxylic acids is 3. The van der Waals surface area contributed by atoms with Crippen LogP contribution in [0.5, 0.6) is 0 Å². The minimum absolute atomic E-state index is 0.0578. The number of guanidine groups is 1. The molecule has 33 heavy (non-hydrogen) atoms. The van der Waals surface area contributed by atoms with Gasteiger partial charge in [-0.25, -0.2) is 4.79 Å². The summed E-state index contributed by atoms with van der Waals surface area (Å²) >= 11 is 0. The quantitative estimate of drug-likeness (QED) is 0.0601. The second kappa shape index (κ2) is 14.5. The Morgan fingerprint density at radius 2 is 1.52 bits per heavy atom. The summed E-state index contributed by atoms with van der Waals surface area (Å²) in [5.41, 5.74) is 15.7. The van der Waals surface area contributed by atoms with Crippen molar-refractivity contribution in [1.82, 2.24) is 16.0 Å². The molecule has 16 heteroatoms. The molecule has 0 rings (SSSR count). The van der Waals surface area contributed by atoms with E-state index in [4.69, 9.17) is 22.3 Å². The molecule has 188 valence electrons. The maximum absolute atomic E-state index is 12.4. The summed E-state index contributed by atoms with van der Waals surface area (Å²) in [4.78, 5) is 62.5. The van der Waals surface area contributed by atoms with Gasteiger partial charge in [0.1, 0.15) is 18.1 Å². The number of aliphatic hydroxyl groups is 2. The molecule has 0 saturated carbocycles. The van der Waals surface area contributed by atoms with Gasteiger partial charge in [-0.2, -0.15) is 0 Å². The van der Waals surface area contributed by atoms with Crippen molar-refractivity contribution in [2.75, 3.05) is 13.2 Å². The van der Waals surface area contributed by atoms with E-state index in [0.29, 0.717) is 0 Å². The number of carboxylic acid groups (broad SMARTS) is 2. The first-order valence-electron chi connectivity index (χ1n) is 9.75. The number of amides is 3. The number of rotatable bonds is 15. The summed E-state index contributed by atoms with van der Waals surface area (Å²) in [6.07, 6.45) is -2.08. The second-order valence-electron chi connectivity index (χ2n) is 7.02. The topological polar surface area (TPSA) is 293 Å². The highest BCUT2D eigenvalue weighted by atomic mass is 16.4. The molecule has 0 aromatic heterocycles. The molecule has 13 N–H and O–H groups in total. The summed E-state index contributed by atoms with van der Waals surface area (Å²) in [6, 6.07) is -6.15. The Bertz CT molecular complexity index is 740. The van der Waals surface area contributed by atoms with Gasteiger partial charge in [-0.3, -0.25) is 24.2 Å². The zero-order valence-corrected chi connectivity index (χ0v) is 17.9. The zero-order chi connectivity index (χ0) is 25.7. The number of carbonyl (C=O) groups is 5. The lowest BCUT2D eigenvalue weighted by Gasteiger charge is -2.25. The number of aliphatic carboxylic acids is 2. The number of hydrogen-bond acceptors (Lipinski definition) is 9. The fraction of sp³-hybridized carbons (Fsp3) is 0.647. The third-order valence-corrected chi connectivity index (χ3v) is 4.17. The van der Waals surface area contributed by atoms with Crippen molar-refractivity contribution in [3.05, 3.63) is 0 Å². The molecule has 0 aromatic carbocycles. The number of nitrogens with two attached hydrogens (primary N) is 3. The maximum atomic E-state index is 12.4. The predicted molar refractivity (Wildman–Crippen MR) is 112 cm³/mol. The molecule has 3 amide bonds. The lowest BCUT2D eigenvalue weighted by Crippen LogP contribution is -2.60. The molecule has 5 unspecified atom stereocenters. The summed E-state index contributed by atoms with van der Waals surface area (Å²) in [5, 5.41) is 43.5. The van der Waals surface area contributed by atoms with E-state index in [9.17, 15) is 39.3 Å². The first-order chi connectivity index (χ1) is 15.3. The van der Waals surface area contributed by atoms with Crippen molar-refractivity contribution in [3.8, 4) is 0 Å². The zero-order valence-electron chi connectivity index (χ0n) is 17.9. The van der Waals surface area contributed by atoms with Crippen molar-refractivity contribution in [3.63, 3.8) is 0 Å². The van der Waals surface area contributed by atoms with Crippen LogP contribution in [0.4, 0.5) is 0 Å². The molecule has 0 saturated heterocycles. The van der Waals surface area contributed by atoms with Gasteiger partial charge in [0.15, 0.2) is 5.96 Å².